The first-order valence-electron chi connectivity index (χ1n) is 9.63. The molecule has 0 aliphatic carbocycles. The number of carbonyl (C=O) groups excluding carboxylic acids is 1. The molecule has 4 heteroatoms. The predicted molar refractivity (Wildman–Crippen MR) is 112 cm³/mol. The van der Waals surface area contributed by atoms with Gasteiger partial charge in [-0.25, -0.2) is 0 Å². The van der Waals surface area contributed by atoms with E-state index in [2.05, 4.69) is 0 Å². The Balaban J connectivity index is 5.20. The van der Waals surface area contributed by atoms with Gasteiger partial charge in [0.15, 0.2) is 0 Å². The van der Waals surface area contributed by atoms with E-state index in [1.807, 2.05) is 66.7 Å². The monoisotopic (exact) mass is 378 g/mol. The van der Waals surface area contributed by atoms with Crippen molar-refractivity contribution in [3.63, 3.8) is 0 Å². The van der Waals surface area contributed by atoms with E-state index in [9.17, 15) is 20.1 Å². The standard InChI is InChI=1S/C23H38O4/c1-9-15(3)21(25)17(5)11-19(7)23(27)20(8)12-18(6)22(26)16(4)10-14(2)13-24/h9-13,16-17,20-23,25-27H,1-8H3/b14-10+,15-9+,18-12+,19-11+. The molecule has 0 rings (SSSR count). The fraction of sp³-hybridized carbons (Fsp3) is 0.609. The third-order valence-electron chi connectivity index (χ3n) is 5.11. The number of allylic oxidation sites excluding steroid dienone is 2. The van der Waals surface area contributed by atoms with Crippen molar-refractivity contribution in [1.29, 1.82) is 0 Å². The molecule has 27 heavy (non-hydrogen) atoms. The summed E-state index contributed by atoms with van der Waals surface area (Å²) in [6, 6.07) is 0. The largest absolute Gasteiger partial charge is 0.388 e. The Labute approximate surface area is 165 Å². The van der Waals surface area contributed by atoms with Gasteiger partial charge in [0.1, 0.15) is 6.29 Å². The lowest BCUT2D eigenvalue weighted by Gasteiger charge is -2.23. The molecule has 6 atom stereocenters. The summed E-state index contributed by atoms with van der Waals surface area (Å²) < 4.78 is 0. The summed E-state index contributed by atoms with van der Waals surface area (Å²) >= 11 is 0. The highest BCUT2D eigenvalue weighted by Gasteiger charge is 2.20. The second-order valence-corrected chi connectivity index (χ2v) is 7.79. The van der Waals surface area contributed by atoms with Gasteiger partial charge in [-0.3, -0.25) is 4.79 Å². The van der Waals surface area contributed by atoms with Gasteiger partial charge in [-0.05, 0) is 56.9 Å². The smallest absolute Gasteiger partial charge is 0.145 e. The number of rotatable bonds is 10. The average molecular weight is 379 g/mol. The summed E-state index contributed by atoms with van der Waals surface area (Å²) in [5.74, 6) is -0.479. The summed E-state index contributed by atoms with van der Waals surface area (Å²) in [7, 11) is 0. The highest BCUT2D eigenvalue weighted by atomic mass is 16.3. The average Bonchev–Trinajstić information content (AvgIpc) is 2.64. The molecule has 0 radical (unpaired) electrons. The topological polar surface area (TPSA) is 77.8 Å². The molecule has 0 aliphatic rings. The number of hydrogen-bond acceptors (Lipinski definition) is 4. The van der Waals surface area contributed by atoms with Crippen LogP contribution in [-0.4, -0.2) is 39.9 Å². The van der Waals surface area contributed by atoms with Crippen molar-refractivity contribution in [3.8, 4) is 0 Å². The third-order valence-corrected chi connectivity index (χ3v) is 5.11. The molecule has 0 aromatic carbocycles. The maximum Gasteiger partial charge on any atom is 0.145 e. The van der Waals surface area contributed by atoms with Crippen LogP contribution >= 0.6 is 0 Å². The van der Waals surface area contributed by atoms with E-state index in [0.717, 1.165) is 23.0 Å². The Kier molecular flexibility index (Phi) is 11.4. The van der Waals surface area contributed by atoms with Crippen molar-refractivity contribution in [1.82, 2.24) is 0 Å². The minimum Gasteiger partial charge on any atom is -0.388 e. The van der Waals surface area contributed by atoms with E-state index >= 15 is 0 Å². The Bertz CT molecular complexity index is 597. The van der Waals surface area contributed by atoms with Gasteiger partial charge in [0.05, 0.1) is 18.3 Å². The first-order chi connectivity index (χ1) is 12.5. The fourth-order valence-corrected chi connectivity index (χ4v) is 3.17. The summed E-state index contributed by atoms with van der Waals surface area (Å²) in [6.07, 6.45) is 6.19. The van der Waals surface area contributed by atoms with E-state index in [1.54, 1.807) is 13.0 Å². The number of carbonyl (C=O) groups is 1. The quantitative estimate of drug-likeness (QED) is 0.305. The summed E-state index contributed by atoms with van der Waals surface area (Å²) in [5.41, 5.74) is 3.04. The van der Waals surface area contributed by atoms with E-state index in [-0.39, 0.29) is 17.8 Å². The molecule has 3 N–H and O–H groups in total. The van der Waals surface area contributed by atoms with Crippen LogP contribution < -0.4 is 0 Å². The van der Waals surface area contributed by atoms with E-state index < -0.39 is 18.3 Å². The highest BCUT2D eigenvalue weighted by Crippen LogP contribution is 2.23. The van der Waals surface area contributed by atoms with Crippen molar-refractivity contribution in [2.45, 2.75) is 73.7 Å². The molecule has 0 heterocycles. The van der Waals surface area contributed by atoms with E-state index in [0.29, 0.717) is 5.57 Å². The second kappa shape index (κ2) is 12.1. The minimum absolute atomic E-state index is 0.102. The molecule has 0 spiro atoms. The molecular weight excluding hydrogens is 340 g/mol. The van der Waals surface area contributed by atoms with Crippen molar-refractivity contribution < 1.29 is 20.1 Å². The molecule has 6 unspecified atom stereocenters. The Hall–Kier alpha value is -1.49. The van der Waals surface area contributed by atoms with Gasteiger partial charge in [0, 0.05) is 17.8 Å². The molecule has 0 aromatic heterocycles. The molecule has 0 aromatic rings. The molecule has 0 fully saturated rings. The van der Waals surface area contributed by atoms with Crippen molar-refractivity contribution in [2.75, 3.05) is 0 Å². The summed E-state index contributed by atoms with van der Waals surface area (Å²) in [4.78, 5) is 10.7. The number of hydrogen-bond donors (Lipinski definition) is 3. The van der Waals surface area contributed by atoms with Crippen LogP contribution in [0.3, 0.4) is 0 Å². The van der Waals surface area contributed by atoms with Crippen LogP contribution in [0.15, 0.2) is 46.6 Å². The molecule has 0 aliphatic heterocycles. The maximum absolute atomic E-state index is 10.7. The van der Waals surface area contributed by atoms with Crippen LogP contribution in [0.5, 0.6) is 0 Å². The molecule has 0 amide bonds. The Morgan fingerprint density at radius 3 is 1.33 bits per heavy atom. The Morgan fingerprint density at radius 2 is 1.00 bits per heavy atom. The van der Waals surface area contributed by atoms with Gasteiger partial charge in [0.2, 0.25) is 0 Å². The van der Waals surface area contributed by atoms with E-state index in [1.165, 1.54) is 0 Å². The van der Waals surface area contributed by atoms with Gasteiger partial charge >= 0.3 is 0 Å². The molecule has 0 bridgehead atoms. The van der Waals surface area contributed by atoms with Crippen molar-refractivity contribution in [2.24, 2.45) is 17.8 Å². The predicted octanol–water partition coefficient (Wildman–Crippen LogP) is 3.98. The lowest BCUT2D eigenvalue weighted by atomic mass is 9.89. The van der Waals surface area contributed by atoms with Gasteiger partial charge in [-0.1, -0.05) is 45.1 Å². The molecule has 0 saturated heterocycles. The normalized spacial score (nSPS) is 21.3. The number of aliphatic hydroxyl groups is 3. The zero-order valence-electron chi connectivity index (χ0n) is 18.1. The lowest BCUT2D eigenvalue weighted by Crippen LogP contribution is -2.23. The lowest BCUT2D eigenvalue weighted by molar-refractivity contribution is -0.104. The number of aldehydes is 1. The molecule has 154 valence electrons. The van der Waals surface area contributed by atoms with Gasteiger partial charge in [0.25, 0.3) is 0 Å². The van der Waals surface area contributed by atoms with E-state index in [4.69, 9.17) is 0 Å². The van der Waals surface area contributed by atoms with Crippen LogP contribution in [0, 0.1) is 17.8 Å². The van der Waals surface area contributed by atoms with Gasteiger partial charge < -0.3 is 15.3 Å². The highest BCUT2D eigenvalue weighted by molar-refractivity contribution is 5.72. The van der Waals surface area contributed by atoms with Crippen molar-refractivity contribution in [3.05, 3.63) is 46.6 Å². The van der Waals surface area contributed by atoms with Crippen LogP contribution in [0.2, 0.25) is 0 Å². The second-order valence-electron chi connectivity index (χ2n) is 7.79. The van der Waals surface area contributed by atoms with Crippen molar-refractivity contribution >= 4 is 6.29 Å². The zero-order chi connectivity index (χ0) is 21.3. The van der Waals surface area contributed by atoms with Gasteiger partial charge in [-0.15, -0.1) is 0 Å². The maximum atomic E-state index is 10.7. The third kappa shape index (κ3) is 8.37. The SMILES string of the molecule is C/C=C(\C)C(O)C(C)/C=C(\C)C(O)C(C)/C=C(\C)C(O)C(C)/C=C(\C)C=O. The minimum atomic E-state index is -0.711. The van der Waals surface area contributed by atoms with Crippen LogP contribution in [0.25, 0.3) is 0 Å². The first kappa shape index (κ1) is 25.5. The fourth-order valence-electron chi connectivity index (χ4n) is 3.17. The first-order valence-corrected chi connectivity index (χ1v) is 9.63. The Morgan fingerprint density at radius 1 is 0.667 bits per heavy atom. The van der Waals surface area contributed by atoms with Crippen LogP contribution in [0.4, 0.5) is 0 Å². The van der Waals surface area contributed by atoms with Gasteiger partial charge in [-0.2, -0.15) is 0 Å². The zero-order valence-corrected chi connectivity index (χ0v) is 18.1. The van der Waals surface area contributed by atoms with Crippen LogP contribution in [0.1, 0.15) is 55.4 Å². The molecular formula is C23H38O4. The summed E-state index contributed by atoms with van der Waals surface area (Å²) in [6.45, 7) is 14.8. The molecule has 4 nitrogen and oxygen atoms in total. The molecule has 0 saturated carbocycles. The summed E-state index contributed by atoms with van der Waals surface area (Å²) in [5, 5.41) is 31.3. The van der Waals surface area contributed by atoms with Crippen LogP contribution in [-0.2, 0) is 4.79 Å². The number of aliphatic hydroxyl groups excluding tert-OH is 3.